The summed E-state index contributed by atoms with van der Waals surface area (Å²) < 4.78 is 0. The summed E-state index contributed by atoms with van der Waals surface area (Å²) >= 11 is 0. The van der Waals surface area contributed by atoms with E-state index in [2.05, 4.69) is 10.6 Å². The van der Waals surface area contributed by atoms with E-state index in [1.165, 1.54) is 36.1 Å². The van der Waals surface area contributed by atoms with E-state index in [9.17, 15) is 29.4 Å². The molecule has 0 aliphatic carbocycles. The minimum atomic E-state index is -1.22. The third-order valence-corrected chi connectivity index (χ3v) is 6.29. The van der Waals surface area contributed by atoms with Crippen LogP contribution >= 0.6 is 0 Å². The second-order valence-corrected chi connectivity index (χ2v) is 9.17. The third kappa shape index (κ3) is 7.43. The highest BCUT2D eigenvalue weighted by Gasteiger charge is 2.37. The highest BCUT2D eigenvalue weighted by atomic mass is 16.4. The fraction of sp³-hybridized carbons (Fsp3) is 0.385. The Bertz CT molecular complexity index is 1120. The van der Waals surface area contributed by atoms with Gasteiger partial charge in [-0.15, -0.1) is 0 Å². The van der Waals surface area contributed by atoms with Crippen molar-refractivity contribution in [2.24, 2.45) is 5.73 Å². The molecule has 11 heteroatoms. The van der Waals surface area contributed by atoms with Crippen molar-refractivity contribution in [2.45, 2.75) is 56.8 Å². The van der Waals surface area contributed by atoms with Crippen molar-refractivity contribution in [1.82, 2.24) is 15.5 Å². The number of phenolic OH excluding ortho intramolecular Hbond substituents is 2. The molecule has 37 heavy (non-hydrogen) atoms. The average Bonchev–Trinajstić information content (AvgIpc) is 3.35. The van der Waals surface area contributed by atoms with Gasteiger partial charge in [0.1, 0.15) is 29.6 Å². The molecule has 1 aliphatic rings. The maximum Gasteiger partial charge on any atom is 0.325 e. The number of benzene rings is 2. The van der Waals surface area contributed by atoms with Gasteiger partial charge in [0, 0.05) is 13.0 Å². The molecule has 2 aromatic carbocycles. The first-order valence-corrected chi connectivity index (χ1v) is 12.0. The van der Waals surface area contributed by atoms with Crippen LogP contribution in [0.2, 0.25) is 0 Å². The minimum absolute atomic E-state index is 0.0389. The molecule has 0 aromatic heterocycles. The molecule has 0 saturated carbocycles. The van der Waals surface area contributed by atoms with Crippen LogP contribution in [-0.2, 0) is 32.0 Å². The van der Waals surface area contributed by atoms with E-state index in [-0.39, 0.29) is 24.3 Å². The van der Waals surface area contributed by atoms with Crippen molar-refractivity contribution >= 4 is 23.7 Å². The molecule has 2 aromatic rings. The molecule has 1 aliphatic heterocycles. The van der Waals surface area contributed by atoms with Gasteiger partial charge in [-0.1, -0.05) is 24.3 Å². The van der Waals surface area contributed by atoms with Crippen LogP contribution in [0.25, 0.3) is 0 Å². The van der Waals surface area contributed by atoms with Gasteiger partial charge in [0.2, 0.25) is 17.7 Å². The van der Waals surface area contributed by atoms with Crippen LogP contribution in [0.5, 0.6) is 11.5 Å². The zero-order valence-corrected chi connectivity index (χ0v) is 20.5. The van der Waals surface area contributed by atoms with Crippen molar-refractivity contribution in [3.05, 3.63) is 59.7 Å². The van der Waals surface area contributed by atoms with Gasteiger partial charge in [-0.3, -0.25) is 19.2 Å². The average molecular weight is 513 g/mol. The summed E-state index contributed by atoms with van der Waals surface area (Å²) in [6.45, 7) is 1.65. The Hall–Kier alpha value is -4.12. The van der Waals surface area contributed by atoms with Gasteiger partial charge in [-0.25, -0.2) is 0 Å². The SMILES string of the molecule is C[C@H](NC(=O)[C@H](Cc1ccc(O)cc1)NC(=O)[C@@H]1CCCN1C(=O)[C@@H](N)Cc1ccc(O)cc1)C(=O)O. The number of hydrogen-bond acceptors (Lipinski definition) is 7. The number of carboxylic acid groups (broad SMARTS) is 1. The summed E-state index contributed by atoms with van der Waals surface area (Å²) in [6.07, 6.45) is 1.25. The summed E-state index contributed by atoms with van der Waals surface area (Å²) in [7, 11) is 0. The first kappa shape index (κ1) is 27.5. The van der Waals surface area contributed by atoms with Gasteiger partial charge in [-0.05, 0) is 61.6 Å². The number of aliphatic carboxylic acids is 1. The largest absolute Gasteiger partial charge is 0.508 e. The number of aromatic hydroxyl groups is 2. The molecule has 0 radical (unpaired) electrons. The topological polar surface area (TPSA) is 182 Å². The lowest BCUT2D eigenvalue weighted by Crippen LogP contribution is -2.57. The van der Waals surface area contributed by atoms with Gasteiger partial charge >= 0.3 is 5.97 Å². The summed E-state index contributed by atoms with van der Waals surface area (Å²) in [4.78, 5) is 51.8. The lowest BCUT2D eigenvalue weighted by atomic mass is 10.0. The van der Waals surface area contributed by atoms with E-state index >= 15 is 0 Å². The second kappa shape index (κ2) is 12.2. The summed E-state index contributed by atoms with van der Waals surface area (Å²) in [5, 5.41) is 33.2. The maximum atomic E-state index is 13.2. The van der Waals surface area contributed by atoms with Crippen molar-refractivity contribution in [1.29, 1.82) is 0 Å². The van der Waals surface area contributed by atoms with Crippen molar-refractivity contribution in [2.75, 3.05) is 6.54 Å². The smallest absolute Gasteiger partial charge is 0.325 e. The first-order valence-electron chi connectivity index (χ1n) is 12.0. The van der Waals surface area contributed by atoms with Crippen molar-refractivity contribution < 1.29 is 34.5 Å². The Kier molecular flexibility index (Phi) is 9.07. The molecule has 198 valence electrons. The predicted molar refractivity (Wildman–Crippen MR) is 134 cm³/mol. The number of nitrogens with one attached hydrogen (secondary N) is 2. The molecule has 7 N–H and O–H groups in total. The number of nitrogens with two attached hydrogens (primary N) is 1. The highest BCUT2D eigenvalue weighted by Crippen LogP contribution is 2.20. The number of hydrogen-bond donors (Lipinski definition) is 6. The summed E-state index contributed by atoms with van der Waals surface area (Å²) in [5.74, 6) is -2.70. The van der Waals surface area contributed by atoms with E-state index in [0.29, 0.717) is 24.9 Å². The molecule has 3 rings (SSSR count). The molecule has 0 unspecified atom stereocenters. The Morgan fingerprint density at radius 3 is 2.03 bits per heavy atom. The van der Waals surface area contributed by atoms with Gasteiger partial charge < -0.3 is 36.6 Å². The van der Waals surface area contributed by atoms with E-state index in [4.69, 9.17) is 10.8 Å². The quantitative estimate of drug-likeness (QED) is 0.262. The van der Waals surface area contributed by atoms with Crippen LogP contribution in [-0.4, -0.2) is 74.6 Å². The van der Waals surface area contributed by atoms with Crippen LogP contribution < -0.4 is 16.4 Å². The number of carbonyl (C=O) groups is 4. The van der Waals surface area contributed by atoms with Gasteiger partial charge in [-0.2, -0.15) is 0 Å². The Labute approximate surface area is 214 Å². The lowest BCUT2D eigenvalue weighted by molar-refractivity contribution is -0.142. The van der Waals surface area contributed by atoms with Crippen LogP contribution in [0.3, 0.4) is 0 Å². The Morgan fingerprint density at radius 2 is 1.49 bits per heavy atom. The zero-order chi connectivity index (χ0) is 27.1. The fourth-order valence-electron chi connectivity index (χ4n) is 4.21. The Balaban J connectivity index is 1.71. The molecule has 0 bridgehead atoms. The van der Waals surface area contributed by atoms with Crippen LogP contribution in [0.4, 0.5) is 0 Å². The molecule has 1 fully saturated rings. The number of phenols is 2. The van der Waals surface area contributed by atoms with E-state index < -0.39 is 47.9 Å². The van der Waals surface area contributed by atoms with E-state index in [1.807, 2.05) is 0 Å². The molecule has 11 nitrogen and oxygen atoms in total. The molecule has 3 amide bonds. The number of carboxylic acids is 1. The second-order valence-electron chi connectivity index (χ2n) is 9.17. The third-order valence-electron chi connectivity index (χ3n) is 6.29. The van der Waals surface area contributed by atoms with Crippen LogP contribution in [0, 0.1) is 0 Å². The molecule has 1 heterocycles. The van der Waals surface area contributed by atoms with Gasteiger partial charge in [0.05, 0.1) is 6.04 Å². The highest BCUT2D eigenvalue weighted by molar-refractivity contribution is 5.94. The molecule has 4 atom stereocenters. The molecule has 0 spiro atoms. The number of nitrogens with zero attached hydrogens (tertiary/aromatic N) is 1. The maximum absolute atomic E-state index is 13.2. The Morgan fingerprint density at radius 1 is 0.946 bits per heavy atom. The van der Waals surface area contributed by atoms with E-state index in [1.54, 1.807) is 24.3 Å². The molecular formula is C26H32N4O7. The molecular weight excluding hydrogens is 480 g/mol. The van der Waals surface area contributed by atoms with Crippen molar-refractivity contribution in [3.63, 3.8) is 0 Å². The number of amides is 3. The summed E-state index contributed by atoms with van der Waals surface area (Å²) in [6, 6.07) is 8.41. The predicted octanol–water partition coefficient (Wildman–Crippen LogP) is 0.275. The monoisotopic (exact) mass is 512 g/mol. The number of rotatable bonds is 10. The van der Waals surface area contributed by atoms with Crippen molar-refractivity contribution in [3.8, 4) is 11.5 Å². The number of likely N-dealkylation sites (tertiary alicyclic amines) is 1. The first-order chi connectivity index (χ1) is 17.5. The normalized spacial score (nSPS) is 17.5. The van der Waals surface area contributed by atoms with Crippen LogP contribution in [0.1, 0.15) is 30.9 Å². The minimum Gasteiger partial charge on any atom is -0.508 e. The van der Waals surface area contributed by atoms with E-state index in [0.717, 1.165) is 5.56 Å². The lowest BCUT2D eigenvalue weighted by Gasteiger charge is -2.28. The number of carbonyl (C=O) groups excluding carboxylic acids is 3. The fourth-order valence-corrected chi connectivity index (χ4v) is 4.21. The zero-order valence-electron chi connectivity index (χ0n) is 20.5. The van der Waals surface area contributed by atoms with Gasteiger partial charge in [0.25, 0.3) is 0 Å². The van der Waals surface area contributed by atoms with Gasteiger partial charge in [0.15, 0.2) is 0 Å². The standard InChI is InChI=1S/C26H32N4O7/c1-15(26(36)37)28-23(33)21(14-17-6-10-19(32)11-7-17)29-24(34)22-3-2-12-30(22)25(35)20(27)13-16-4-8-18(31)9-5-16/h4-11,15,20-22,31-32H,2-3,12-14,27H2,1H3,(H,28,33)(H,29,34)(H,36,37)/t15-,20-,21-,22-/m0/s1. The van der Waals surface area contributed by atoms with Crippen LogP contribution in [0.15, 0.2) is 48.5 Å². The molecule has 1 saturated heterocycles. The summed E-state index contributed by atoms with van der Waals surface area (Å²) in [5.41, 5.74) is 7.55.